The topological polar surface area (TPSA) is 67.6 Å². The Bertz CT molecular complexity index is 993. The van der Waals surface area contributed by atoms with Gasteiger partial charge in [0.2, 0.25) is 5.43 Å². The van der Waals surface area contributed by atoms with Crippen LogP contribution in [0.25, 0.3) is 21.5 Å². The largest absolute Gasteiger partial charge is 0.439 e. The molecule has 3 aromatic rings. The van der Waals surface area contributed by atoms with E-state index < -0.39 is 0 Å². The van der Waals surface area contributed by atoms with Crippen LogP contribution in [0, 0.1) is 0 Å². The predicted octanol–water partition coefficient (Wildman–Crippen LogP) is 3.96. The molecule has 0 aliphatic carbocycles. The molecule has 4 rings (SSSR count). The third-order valence-corrected chi connectivity index (χ3v) is 5.49. The minimum absolute atomic E-state index is 0.0273. The second-order valence-corrected chi connectivity index (χ2v) is 7.30. The molecule has 8 heteroatoms. The number of fused-ring (bicyclic) bond motifs is 1. The van der Waals surface area contributed by atoms with E-state index in [2.05, 4.69) is 16.3 Å². The molecule has 4 heterocycles. The maximum Gasteiger partial charge on any atom is 0.204 e. The van der Waals surface area contributed by atoms with Crippen LogP contribution in [0.1, 0.15) is 0 Å². The summed E-state index contributed by atoms with van der Waals surface area (Å²) in [4.78, 5) is 19.2. The molecule has 0 bridgehead atoms. The molecule has 0 radical (unpaired) electrons. The molecule has 1 aliphatic heterocycles. The van der Waals surface area contributed by atoms with Crippen molar-refractivity contribution in [3.8, 4) is 11.3 Å². The lowest BCUT2D eigenvalue weighted by atomic mass is 10.2. The van der Waals surface area contributed by atoms with E-state index in [0.29, 0.717) is 42.5 Å². The van der Waals surface area contributed by atoms with Gasteiger partial charge in [0.25, 0.3) is 0 Å². The Morgan fingerprint density at radius 3 is 3.00 bits per heavy atom. The molecule has 1 N–H and O–H groups in total. The van der Waals surface area contributed by atoms with Crippen LogP contribution in [-0.2, 0) is 4.74 Å². The van der Waals surface area contributed by atoms with Crippen molar-refractivity contribution in [2.75, 3.05) is 35.9 Å². The average Bonchev–Trinajstić information content (AvgIpc) is 3.12. The molecule has 26 heavy (non-hydrogen) atoms. The SMILES string of the molecule is C=CSNc1cccc(-c2csc3c(=O)cc(N4CCOCC4)oc23)n1. The number of nitrogens with one attached hydrogen (secondary N) is 1. The molecule has 6 nitrogen and oxygen atoms in total. The molecule has 3 aromatic heterocycles. The van der Waals surface area contributed by atoms with Crippen LogP contribution < -0.4 is 15.1 Å². The second-order valence-electron chi connectivity index (χ2n) is 5.65. The number of anilines is 2. The fraction of sp³-hybridized carbons (Fsp3) is 0.222. The summed E-state index contributed by atoms with van der Waals surface area (Å²) in [6.07, 6.45) is 0. The molecule has 1 fully saturated rings. The lowest BCUT2D eigenvalue weighted by molar-refractivity contribution is 0.121. The number of hydrogen-bond donors (Lipinski definition) is 1. The van der Waals surface area contributed by atoms with Crippen molar-refractivity contribution in [2.24, 2.45) is 0 Å². The normalized spacial score (nSPS) is 14.5. The van der Waals surface area contributed by atoms with Crippen LogP contribution >= 0.6 is 23.3 Å². The summed E-state index contributed by atoms with van der Waals surface area (Å²) in [7, 11) is 0. The quantitative estimate of drug-likeness (QED) is 0.665. The summed E-state index contributed by atoms with van der Waals surface area (Å²) in [6.45, 7) is 6.36. The maximum absolute atomic E-state index is 12.5. The van der Waals surface area contributed by atoms with Gasteiger partial charge in [-0.1, -0.05) is 12.6 Å². The Morgan fingerprint density at radius 2 is 2.19 bits per heavy atom. The third kappa shape index (κ3) is 3.35. The monoisotopic (exact) mass is 387 g/mol. The van der Waals surface area contributed by atoms with Gasteiger partial charge in [-0.15, -0.1) is 11.3 Å². The van der Waals surface area contributed by atoms with Gasteiger partial charge in [0.05, 0.1) is 24.5 Å². The maximum atomic E-state index is 12.5. The third-order valence-electron chi connectivity index (χ3n) is 4.03. The predicted molar refractivity (Wildman–Crippen MR) is 108 cm³/mol. The summed E-state index contributed by atoms with van der Waals surface area (Å²) in [5.41, 5.74) is 2.14. The summed E-state index contributed by atoms with van der Waals surface area (Å²) < 4.78 is 15.2. The number of ether oxygens (including phenoxy) is 1. The van der Waals surface area contributed by atoms with Gasteiger partial charge in [-0.2, -0.15) is 0 Å². The first-order valence-electron chi connectivity index (χ1n) is 8.14. The summed E-state index contributed by atoms with van der Waals surface area (Å²) in [5, 5.41) is 3.62. The molecule has 1 saturated heterocycles. The highest BCUT2D eigenvalue weighted by Crippen LogP contribution is 2.34. The van der Waals surface area contributed by atoms with Gasteiger partial charge in [0.1, 0.15) is 10.5 Å². The number of hydrogen-bond acceptors (Lipinski definition) is 8. The number of morpholine rings is 1. The number of pyridine rings is 1. The fourth-order valence-electron chi connectivity index (χ4n) is 2.79. The van der Waals surface area contributed by atoms with Crippen molar-refractivity contribution in [1.29, 1.82) is 0 Å². The number of nitrogens with zero attached hydrogens (tertiary/aromatic N) is 2. The highest BCUT2D eigenvalue weighted by Gasteiger charge is 2.19. The Balaban J connectivity index is 1.77. The van der Waals surface area contributed by atoms with E-state index in [1.807, 2.05) is 28.5 Å². The molecule has 1 aliphatic rings. The van der Waals surface area contributed by atoms with Gasteiger partial charge in [-0.05, 0) is 29.5 Å². The fourth-order valence-corrected chi connectivity index (χ4v) is 4.01. The molecular weight excluding hydrogens is 370 g/mol. The van der Waals surface area contributed by atoms with E-state index in [-0.39, 0.29) is 5.43 Å². The second kappa shape index (κ2) is 7.53. The van der Waals surface area contributed by atoms with Crippen molar-refractivity contribution >= 4 is 45.3 Å². The van der Waals surface area contributed by atoms with Gasteiger partial charge < -0.3 is 18.8 Å². The molecule has 134 valence electrons. The number of rotatable bonds is 5. The van der Waals surface area contributed by atoms with Crippen LogP contribution in [-0.4, -0.2) is 31.3 Å². The zero-order valence-electron chi connectivity index (χ0n) is 13.9. The van der Waals surface area contributed by atoms with Gasteiger partial charge in [-0.3, -0.25) is 4.79 Å². The van der Waals surface area contributed by atoms with Gasteiger partial charge >= 0.3 is 0 Å². The van der Waals surface area contributed by atoms with Crippen molar-refractivity contribution < 1.29 is 9.15 Å². The highest BCUT2D eigenvalue weighted by atomic mass is 32.2. The van der Waals surface area contributed by atoms with Crippen LogP contribution in [0.5, 0.6) is 0 Å². The molecule has 0 atom stereocenters. The number of thiophene rings is 1. The van der Waals surface area contributed by atoms with Crippen LogP contribution in [0.2, 0.25) is 0 Å². The standard InChI is InChI=1S/C18H17N3O3S2/c1-2-26-20-15-5-3-4-13(19-15)12-11-25-18-14(22)10-16(24-17(12)18)21-6-8-23-9-7-21/h2-5,10-11H,1,6-9H2,(H,19,20). The first-order valence-corrected chi connectivity index (χ1v) is 9.90. The Kier molecular flexibility index (Phi) is 4.96. The minimum Gasteiger partial charge on any atom is -0.439 e. The zero-order chi connectivity index (χ0) is 17.9. The van der Waals surface area contributed by atoms with Gasteiger partial charge in [-0.25, -0.2) is 4.98 Å². The Hall–Kier alpha value is -2.29. The van der Waals surface area contributed by atoms with E-state index in [9.17, 15) is 4.79 Å². The smallest absolute Gasteiger partial charge is 0.204 e. The Labute approximate surface area is 158 Å². The van der Waals surface area contributed by atoms with Gasteiger partial charge in [0.15, 0.2) is 11.5 Å². The lowest BCUT2D eigenvalue weighted by Crippen LogP contribution is -2.36. The van der Waals surface area contributed by atoms with Crippen LogP contribution in [0.4, 0.5) is 11.7 Å². The van der Waals surface area contributed by atoms with Crippen LogP contribution in [0.3, 0.4) is 0 Å². The van der Waals surface area contributed by atoms with Crippen molar-refractivity contribution in [1.82, 2.24) is 4.98 Å². The molecular formula is C18H17N3O3S2. The zero-order valence-corrected chi connectivity index (χ0v) is 15.6. The first-order chi connectivity index (χ1) is 12.8. The van der Waals surface area contributed by atoms with Crippen molar-refractivity contribution in [2.45, 2.75) is 0 Å². The van der Waals surface area contributed by atoms with E-state index in [4.69, 9.17) is 9.15 Å². The highest BCUT2D eigenvalue weighted by molar-refractivity contribution is 8.03. The molecule has 0 saturated carbocycles. The molecule has 0 spiro atoms. The van der Waals surface area contributed by atoms with E-state index in [1.165, 1.54) is 23.3 Å². The van der Waals surface area contributed by atoms with Crippen molar-refractivity contribution in [3.63, 3.8) is 0 Å². The first kappa shape index (κ1) is 17.1. The van der Waals surface area contributed by atoms with Gasteiger partial charge in [0, 0.05) is 24.5 Å². The Morgan fingerprint density at radius 1 is 1.35 bits per heavy atom. The average molecular weight is 387 g/mol. The van der Waals surface area contributed by atoms with E-state index in [1.54, 1.807) is 11.5 Å². The summed E-state index contributed by atoms with van der Waals surface area (Å²) >= 11 is 2.74. The van der Waals surface area contributed by atoms with E-state index >= 15 is 0 Å². The molecule has 0 amide bonds. The number of aromatic nitrogens is 1. The molecule has 0 aromatic carbocycles. The summed E-state index contributed by atoms with van der Waals surface area (Å²) in [6, 6.07) is 7.28. The summed E-state index contributed by atoms with van der Waals surface area (Å²) in [5.74, 6) is 1.31. The molecule has 0 unspecified atom stereocenters. The lowest BCUT2D eigenvalue weighted by Gasteiger charge is -2.27. The minimum atomic E-state index is -0.0273. The van der Waals surface area contributed by atoms with E-state index in [0.717, 1.165) is 17.1 Å². The van der Waals surface area contributed by atoms with Crippen LogP contribution in [0.15, 0.2) is 50.8 Å². The van der Waals surface area contributed by atoms with Crippen molar-refractivity contribution in [3.05, 3.63) is 51.9 Å².